The zero-order valence-electron chi connectivity index (χ0n) is 18.2. The summed E-state index contributed by atoms with van der Waals surface area (Å²) in [6, 6.07) is 4.79. The number of amides is 1. The van der Waals surface area contributed by atoms with E-state index in [4.69, 9.17) is 10.5 Å². The molecule has 0 spiro atoms. The van der Waals surface area contributed by atoms with Gasteiger partial charge in [0.15, 0.2) is 0 Å². The molecule has 1 aromatic carbocycles. The van der Waals surface area contributed by atoms with E-state index in [-0.39, 0.29) is 23.8 Å². The van der Waals surface area contributed by atoms with Gasteiger partial charge in [0, 0.05) is 29.4 Å². The van der Waals surface area contributed by atoms with Crippen LogP contribution < -0.4 is 15.8 Å². The Kier molecular flexibility index (Phi) is 5.55. The van der Waals surface area contributed by atoms with Gasteiger partial charge in [-0.3, -0.25) is 4.79 Å². The van der Waals surface area contributed by atoms with E-state index in [9.17, 15) is 9.18 Å². The fourth-order valence-corrected chi connectivity index (χ4v) is 4.43. The first-order valence-electron chi connectivity index (χ1n) is 11.3. The quantitative estimate of drug-likeness (QED) is 0.543. The number of H-pyrrole nitrogens is 1. The molecule has 2 aliphatic carbocycles. The lowest BCUT2D eigenvalue weighted by Crippen LogP contribution is -2.40. The molecule has 168 valence electrons. The highest BCUT2D eigenvalue weighted by Gasteiger charge is 2.26. The number of fused-ring (bicyclic) bond motifs is 1. The summed E-state index contributed by atoms with van der Waals surface area (Å²) < 4.78 is 19.9. The Bertz CT molecular complexity index is 1150. The van der Waals surface area contributed by atoms with Crippen LogP contribution in [-0.2, 0) is 0 Å². The molecule has 8 heteroatoms. The van der Waals surface area contributed by atoms with Crippen molar-refractivity contribution in [3.05, 3.63) is 41.6 Å². The molecule has 0 aliphatic heterocycles. The van der Waals surface area contributed by atoms with E-state index >= 15 is 0 Å². The largest absolute Gasteiger partial charge is 0.492 e. The maximum absolute atomic E-state index is 14.0. The molecule has 7 nitrogen and oxygen atoms in total. The number of aromatic amines is 1. The summed E-state index contributed by atoms with van der Waals surface area (Å²) in [5.74, 6) is 0.477. The monoisotopic (exact) mass is 437 g/mol. The van der Waals surface area contributed by atoms with E-state index in [1.807, 2.05) is 6.92 Å². The van der Waals surface area contributed by atoms with Gasteiger partial charge in [-0.1, -0.05) is 0 Å². The van der Waals surface area contributed by atoms with Crippen molar-refractivity contribution in [2.45, 2.75) is 57.5 Å². The van der Waals surface area contributed by atoms with Crippen LogP contribution in [-0.4, -0.2) is 39.5 Å². The number of aryl methyl sites for hydroxylation is 1. The predicted octanol–water partition coefficient (Wildman–Crippen LogP) is 3.86. The summed E-state index contributed by atoms with van der Waals surface area (Å²) in [5, 5.41) is 3.14. The minimum atomic E-state index is -0.361. The number of nitrogens with two attached hydrogens (primary N) is 1. The minimum Gasteiger partial charge on any atom is -0.492 e. The standard InChI is InChI=1S/C24H28FN5O2/c1-13-20(24(31)30-17-7-5-16(26)6-8-17)22-23(29-13)21(27-12-28-22)18-9-4-15(25)10-19(18)32-11-14-2-3-14/h4,9-10,12,14,16-17,29H,2-3,5-8,11,26H2,1H3,(H,30,31). The fourth-order valence-electron chi connectivity index (χ4n) is 4.43. The Hall–Kier alpha value is -3.00. The maximum atomic E-state index is 14.0. The molecule has 2 fully saturated rings. The molecular formula is C24H28FN5O2. The first-order valence-corrected chi connectivity index (χ1v) is 11.3. The van der Waals surface area contributed by atoms with Crippen molar-refractivity contribution in [1.82, 2.24) is 20.3 Å². The van der Waals surface area contributed by atoms with Crippen molar-refractivity contribution in [3.8, 4) is 17.0 Å². The number of benzene rings is 1. The maximum Gasteiger partial charge on any atom is 0.255 e. The highest BCUT2D eigenvalue weighted by Crippen LogP contribution is 2.36. The molecule has 0 atom stereocenters. The topological polar surface area (TPSA) is 106 Å². The first kappa shape index (κ1) is 20.9. The Labute approximate surface area is 186 Å². The average molecular weight is 438 g/mol. The molecule has 0 saturated heterocycles. The van der Waals surface area contributed by atoms with Crippen molar-refractivity contribution in [3.63, 3.8) is 0 Å². The van der Waals surface area contributed by atoms with Gasteiger partial charge in [0.25, 0.3) is 5.91 Å². The van der Waals surface area contributed by atoms with E-state index in [1.54, 1.807) is 6.07 Å². The van der Waals surface area contributed by atoms with Gasteiger partial charge >= 0.3 is 0 Å². The van der Waals surface area contributed by atoms with Crippen LogP contribution in [0.2, 0.25) is 0 Å². The smallest absolute Gasteiger partial charge is 0.255 e. The lowest BCUT2D eigenvalue weighted by molar-refractivity contribution is 0.0927. The van der Waals surface area contributed by atoms with Gasteiger partial charge in [-0.15, -0.1) is 0 Å². The normalized spacial score (nSPS) is 21.0. The molecule has 1 amide bonds. The molecule has 0 unspecified atom stereocenters. The molecule has 3 aromatic rings. The zero-order valence-corrected chi connectivity index (χ0v) is 18.2. The van der Waals surface area contributed by atoms with E-state index in [0.29, 0.717) is 51.8 Å². The SMILES string of the molecule is Cc1[nH]c2c(-c3ccc(F)cc3OCC3CC3)ncnc2c1C(=O)NC1CCC(N)CC1. The average Bonchev–Trinajstić information content (AvgIpc) is 3.54. The highest BCUT2D eigenvalue weighted by atomic mass is 19.1. The summed E-state index contributed by atoms with van der Waals surface area (Å²) >= 11 is 0. The molecule has 4 N–H and O–H groups in total. The number of hydrogen-bond donors (Lipinski definition) is 3. The molecule has 0 bridgehead atoms. The van der Waals surface area contributed by atoms with Crippen molar-refractivity contribution >= 4 is 16.9 Å². The summed E-state index contributed by atoms with van der Waals surface area (Å²) in [7, 11) is 0. The molecule has 2 heterocycles. The number of nitrogens with zero attached hydrogens (tertiary/aromatic N) is 2. The van der Waals surface area contributed by atoms with Crippen molar-refractivity contribution in [1.29, 1.82) is 0 Å². The molecular weight excluding hydrogens is 409 g/mol. The third-order valence-corrected chi connectivity index (χ3v) is 6.48. The van der Waals surface area contributed by atoms with Gasteiger partial charge in [0.1, 0.15) is 29.1 Å². The number of aromatic nitrogens is 3. The van der Waals surface area contributed by atoms with Gasteiger partial charge in [0.2, 0.25) is 0 Å². The molecule has 0 radical (unpaired) electrons. The number of nitrogens with one attached hydrogen (secondary N) is 2. The van der Waals surface area contributed by atoms with E-state index in [2.05, 4.69) is 20.3 Å². The number of carbonyl (C=O) groups is 1. The Morgan fingerprint density at radius 2 is 2.00 bits per heavy atom. The number of hydrogen-bond acceptors (Lipinski definition) is 5. The van der Waals surface area contributed by atoms with Crippen LogP contribution >= 0.6 is 0 Å². The number of ether oxygens (including phenoxy) is 1. The van der Waals surface area contributed by atoms with E-state index < -0.39 is 0 Å². The second-order valence-electron chi connectivity index (χ2n) is 9.05. The van der Waals surface area contributed by atoms with E-state index in [0.717, 1.165) is 38.5 Å². The van der Waals surface area contributed by atoms with Crippen LogP contribution in [0.3, 0.4) is 0 Å². The van der Waals surface area contributed by atoms with Crippen LogP contribution in [0.1, 0.15) is 54.6 Å². The summed E-state index contributed by atoms with van der Waals surface area (Å²) in [4.78, 5) is 25.3. The van der Waals surface area contributed by atoms with Gasteiger partial charge in [-0.05, 0) is 63.5 Å². The molecule has 2 saturated carbocycles. The summed E-state index contributed by atoms with van der Waals surface area (Å²) in [6.07, 6.45) is 7.32. The number of rotatable bonds is 6. The van der Waals surface area contributed by atoms with Crippen LogP contribution in [0.4, 0.5) is 4.39 Å². The Morgan fingerprint density at radius 1 is 1.22 bits per heavy atom. The van der Waals surface area contributed by atoms with Crippen LogP contribution in [0.5, 0.6) is 5.75 Å². The third-order valence-electron chi connectivity index (χ3n) is 6.48. The number of carbonyl (C=O) groups excluding carboxylic acids is 1. The zero-order chi connectivity index (χ0) is 22.2. The van der Waals surface area contributed by atoms with E-state index in [1.165, 1.54) is 18.5 Å². The van der Waals surface area contributed by atoms with Gasteiger partial charge < -0.3 is 20.8 Å². The van der Waals surface area contributed by atoms with Gasteiger partial charge in [0.05, 0.1) is 17.7 Å². The predicted molar refractivity (Wildman–Crippen MR) is 120 cm³/mol. The Morgan fingerprint density at radius 3 is 2.75 bits per heavy atom. The molecule has 32 heavy (non-hydrogen) atoms. The lowest BCUT2D eigenvalue weighted by Gasteiger charge is -2.26. The molecule has 2 aliphatic rings. The summed E-state index contributed by atoms with van der Waals surface area (Å²) in [5.41, 5.74) is 9.68. The van der Waals surface area contributed by atoms with Crippen LogP contribution in [0, 0.1) is 18.7 Å². The Balaban J connectivity index is 1.48. The highest BCUT2D eigenvalue weighted by molar-refractivity contribution is 6.09. The van der Waals surface area contributed by atoms with Gasteiger partial charge in [-0.25, -0.2) is 14.4 Å². The van der Waals surface area contributed by atoms with Gasteiger partial charge in [-0.2, -0.15) is 0 Å². The first-order chi connectivity index (χ1) is 15.5. The molecule has 2 aromatic heterocycles. The summed E-state index contributed by atoms with van der Waals surface area (Å²) in [6.45, 7) is 2.42. The van der Waals surface area contributed by atoms with Crippen molar-refractivity contribution in [2.75, 3.05) is 6.61 Å². The van der Waals surface area contributed by atoms with Crippen molar-refractivity contribution in [2.24, 2.45) is 11.7 Å². The van der Waals surface area contributed by atoms with Crippen LogP contribution in [0.25, 0.3) is 22.3 Å². The minimum absolute atomic E-state index is 0.118. The van der Waals surface area contributed by atoms with Crippen molar-refractivity contribution < 1.29 is 13.9 Å². The fraction of sp³-hybridized carbons (Fsp3) is 0.458. The molecule has 5 rings (SSSR count). The number of halogens is 1. The van der Waals surface area contributed by atoms with Crippen LogP contribution in [0.15, 0.2) is 24.5 Å². The third kappa shape index (κ3) is 4.19. The second-order valence-corrected chi connectivity index (χ2v) is 9.05. The second kappa shape index (κ2) is 8.50. The lowest BCUT2D eigenvalue weighted by atomic mass is 9.91.